The molecule has 1 atom stereocenters. The van der Waals surface area contributed by atoms with Crippen LogP contribution in [0.1, 0.15) is 30.9 Å². The highest BCUT2D eigenvalue weighted by molar-refractivity contribution is 5.68. The van der Waals surface area contributed by atoms with E-state index >= 15 is 0 Å². The van der Waals surface area contributed by atoms with Crippen molar-refractivity contribution in [1.29, 1.82) is 0 Å². The molecule has 0 heterocycles. The Balaban J connectivity index is 2.50. The van der Waals surface area contributed by atoms with Gasteiger partial charge in [-0.25, -0.2) is 0 Å². The third-order valence-electron chi connectivity index (χ3n) is 3.52. The zero-order chi connectivity index (χ0) is 13.0. The van der Waals surface area contributed by atoms with Crippen molar-refractivity contribution < 1.29 is 0 Å². The molecule has 0 saturated heterocycles. The topological polar surface area (TPSA) is 26.0 Å². The van der Waals surface area contributed by atoms with Crippen LogP contribution in [-0.4, -0.2) is 6.54 Å². The first-order valence-electron chi connectivity index (χ1n) is 6.64. The first kappa shape index (κ1) is 12.8. The normalized spacial score (nSPS) is 12.4. The summed E-state index contributed by atoms with van der Waals surface area (Å²) >= 11 is 0. The van der Waals surface area contributed by atoms with E-state index in [1.807, 2.05) is 0 Å². The fraction of sp³-hybridized carbons (Fsp3) is 0.294. The molecule has 1 unspecified atom stereocenters. The SMILES string of the molecule is CCc1ccc(C(C)CN)cc1-c1ccccc1. The van der Waals surface area contributed by atoms with Crippen molar-refractivity contribution in [3.05, 3.63) is 59.7 Å². The van der Waals surface area contributed by atoms with Gasteiger partial charge >= 0.3 is 0 Å². The first-order chi connectivity index (χ1) is 8.76. The van der Waals surface area contributed by atoms with E-state index in [0.29, 0.717) is 12.5 Å². The summed E-state index contributed by atoms with van der Waals surface area (Å²) < 4.78 is 0. The molecule has 0 aliphatic carbocycles. The molecule has 0 aliphatic heterocycles. The monoisotopic (exact) mass is 239 g/mol. The fourth-order valence-corrected chi connectivity index (χ4v) is 2.23. The van der Waals surface area contributed by atoms with E-state index in [4.69, 9.17) is 5.73 Å². The summed E-state index contributed by atoms with van der Waals surface area (Å²) in [6, 6.07) is 17.3. The van der Waals surface area contributed by atoms with Crippen LogP contribution in [0.3, 0.4) is 0 Å². The zero-order valence-corrected chi connectivity index (χ0v) is 11.2. The Morgan fingerprint density at radius 1 is 1.06 bits per heavy atom. The summed E-state index contributed by atoms with van der Waals surface area (Å²) in [5.74, 6) is 0.415. The highest BCUT2D eigenvalue weighted by Gasteiger charge is 2.08. The van der Waals surface area contributed by atoms with E-state index < -0.39 is 0 Å². The zero-order valence-electron chi connectivity index (χ0n) is 11.2. The molecule has 0 amide bonds. The van der Waals surface area contributed by atoms with Crippen molar-refractivity contribution >= 4 is 0 Å². The number of hydrogen-bond acceptors (Lipinski definition) is 1. The maximum Gasteiger partial charge on any atom is -0.00109 e. The highest BCUT2D eigenvalue weighted by atomic mass is 14.5. The van der Waals surface area contributed by atoms with Gasteiger partial charge in [-0.1, -0.05) is 62.4 Å². The maximum absolute atomic E-state index is 5.76. The molecule has 0 aliphatic rings. The third-order valence-corrected chi connectivity index (χ3v) is 3.52. The molecule has 0 radical (unpaired) electrons. The van der Waals surface area contributed by atoms with Crippen molar-refractivity contribution in [2.75, 3.05) is 6.54 Å². The first-order valence-corrected chi connectivity index (χ1v) is 6.64. The summed E-state index contributed by atoms with van der Waals surface area (Å²) in [6.07, 6.45) is 1.06. The van der Waals surface area contributed by atoms with Gasteiger partial charge in [-0.3, -0.25) is 0 Å². The lowest BCUT2D eigenvalue weighted by atomic mass is 9.92. The van der Waals surface area contributed by atoms with Crippen LogP contribution in [0.2, 0.25) is 0 Å². The van der Waals surface area contributed by atoms with Crippen LogP contribution in [0.5, 0.6) is 0 Å². The van der Waals surface area contributed by atoms with Crippen LogP contribution in [0.4, 0.5) is 0 Å². The second-order valence-electron chi connectivity index (χ2n) is 4.77. The molecule has 0 bridgehead atoms. The number of aryl methyl sites for hydroxylation is 1. The van der Waals surface area contributed by atoms with E-state index in [9.17, 15) is 0 Å². The molecule has 0 spiro atoms. The van der Waals surface area contributed by atoms with Crippen LogP contribution in [0, 0.1) is 0 Å². The molecule has 0 saturated carbocycles. The molecule has 1 nitrogen and oxygen atoms in total. The van der Waals surface area contributed by atoms with E-state index in [1.165, 1.54) is 22.3 Å². The molecule has 1 heteroatoms. The highest BCUT2D eigenvalue weighted by Crippen LogP contribution is 2.28. The summed E-state index contributed by atoms with van der Waals surface area (Å²) in [4.78, 5) is 0. The van der Waals surface area contributed by atoms with Crippen molar-refractivity contribution in [2.24, 2.45) is 5.73 Å². The summed E-state index contributed by atoms with van der Waals surface area (Å²) in [6.45, 7) is 5.07. The van der Waals surface area contributed by atoms with E-state index in [1.54, 1.807) is 0 Å². The Bertz CT molecular complexity index is 502. The van der Waals surface area contributed by atoms with E-state index in [0.717, 1.165) is 6.42 Å². The lowest BCUT2D eigenvalue weighted by molar-refractivity contribution is 0.774. The van der Waals surface area contributed by atoms with Crippen molar-refractivity contribution in [2.45, 2.75) is 26.2 Å². The minimum Gasteiger partial charge on any atom is -0.330 e. The Kier molecular flexibility index (Phi) is 4.16. The number of rotatable bonds is 4. The molecule has 0 aromatic heterocycles. The molecular formula is C17H21N. The molecule has 18 heavy (non-hydrogen) atoms. The van der Waals surface area contributed by atoms with Gasteiger partial charge in [-0.15, -0.1) is 0 Å². The van der Waals surface area contributed by atoms with Gasteiger partial charge in [0.1, 0.15) is 0 Å². The van der Waals surface area contributed by atoms with Gasteiger partial charge in [0.15, 0.2) is 0 Å². The minimum atomic E-state index is 0.415. The van der Waals surface area contributed by atoms with Gasteiger partial charge in [0.05, 0.1) is 0 Å². The smallest absolute Gasteiger partial charge is 0.00109 e. The Morgan fingerprint density at radius 2 is 1.78 bits per heavy atom. The number of hydrogen-bond donors (Lipinski definition) is 1. The second-order valence-corrected chi connectivity index (χ2v) is 4.77. The van der Waals surface area contributed by atoms with Gasteiger partial charge in [-0.05, 0) is 41.1 Å². The van der Waals surface area contributed by atoms with Gasteiger partial charge in [0, 0.05) is 0 Å². The fourth-order valence-electron chi connectivity index (χ4n) is 2.23. The Labute approximate surface area is 110 Å². The van der Waals surface area contributed by atoms with Crippen LogP contribution in [0.15, 0.2) is 48.5 Å². The summed E-state index contributed by atoms with van der Waals surface area (Å²) in [5, 5.41) is 0. The van der Waals surface area contributed by atoms with Crippen LogP contribution >= 0.6 is 0 Å². The molecule has 2 aromatic rings. The Hall–Kier alpha value is -1.60. The maximum atomic E-state index is 5.76. The molecule has 94 valence electrons. The molecule has 2 aromatic carbocycles. The van der Waals surface area contributed by atoms with Gasteiger partial charge in [-0.2, -0.15) is 0 Å². The van der Waals surface area contributed by atoms with Crippen LogP contribution < -0.4 is 5.73 Å². The summed E-state index contributed by atoms with van der Waals surface area (Å²) in [5.41, 5.74) is 11.1. The van der Waals surface area contributed by atoms with Crippen LogP contribution in [-0.2, 0) is 6.42 Å². The van der Waals surface area contributed by atoms with Gasteiger partial charge in [0.25, 0.3) is 0 Å². The third kappa shape index (κ3) is 2.62. The van der Waals surface area contributed by atoms with Crippen LogP contribution in [0.25, 0.3) is 11.1 Å². The Morgan fingerprint density at radius 3 is 2.39 bits per heavy atom. The molecular weight excluding hydrogens is 218 g/mol. The quantitative estimate of drug-likeness (QED) is 0.858. The average Bonchev–Trinajstić information content (AvgIpc) is 2.46. The summed E-state index contributed by atoms with van der Waals surface area (Å²) in [7, 11) is 0. The number of benzene rings is 2. The lowest BCUT2D eigenvalue weighted by Gasteiger charge is -2.14. The van der Waals surface area contributed by atoms with E-state index in [-0.39, 0.29) is 0 Å². The van der Waals surface area contributed by atoms with Crippen molar-refractivity contribution in [3.63, 3.8) is 0 Å². The molecule has 2 N–H and O–H groups in total. The van der Waals surface area contributed by atoms with Gasteiger partial charge < -0.3 is 5.73 Å². The van der Waals surface area contributed by atoms with E-state index in [2.05, 4.69) is 62.4 Å². The molecule has 0 fully saturated rings. The average molecular weight is 239 g/mol. The largest absolute Gasteiger partial charge is 0.330 e. The standard InChI is InChI=1S/C17H21N/c1-3-14-9-10-16(13(2)12-18)11-17(14)15-7-5-4-6-8-15/h4-11,13H,3,12,18H2,1-2H3. The predicted octanol–water partition coefficient (Wildman–Crippen LogP) is 3.98. The number of nitrogens with two attached hydrogens (primary N) is 1. The predicted molar refractivity (Wildman–Crippen MR) is 78.7 cm³/mol. The second kappa shape index (κ2) is 5.83. The van der Waals surface area contributed by atoms with Crippen molar-refractivity contribution in [3.8, 4) is 11.1 Å². The minimum absolute atomic E-state index is 0.415. The molecule has 2 rings (SSSR count). The van der Waals surface area contributed by atoms with Gasteiger partial charge in [0.2, 0.25) is 0 Å². The lowest BCUT2D eigenvalue weighted by Crippen LogP contribution is -2.09. The van der Waals surface area contributed by atoms with Crippen molar-refractivity contribution in [1.82, 2.24) is 0 Å².